The van der Waals surface area contributed by atoms with Crippen LogP contribution in [0.15, 0.2) is 54.6 Å². The van der Waals surface area contributed by atoms with Gasteiger partial charge in [-0.2, -0.15) is 0 Å². The van der Waals surface area contributed by atoms with Gasteiger partial charge in [0.25, 0.3) is 5.91 Å². The first-order chi connectivity index (χ1) is 11.0. The van der Waals surface area contributed by atoms with Crippen LogP contribution in [0.2, 0.25) is 0 Å². The van der Waals surface area contributed by atoms with Crippen molar-refractivity contribution in [2.24, 2.45) is 5.92 Å². The molecule has 1 atom stereocenters. The van der Waals surface area contributed by atoms with E-state index in [0.717, 1.165) is 5.56 Å². The molecule has 0 aliphatic carbocycles. The van der Waals surface area contributed by atoms with Crippen molar-refractivity contribution in [1.82, 2.24) is 5.32 Å². The predicted octanol–water partition coefficient (Wildman–Crippen LogP) is 3.39. The van der Waals surface area contributed by atoms with Gasteiger partial charge in [0.2, 0.25) is 5.91 Å². The summed E-state index contributed by atoms with van der Waals surface area (Å²) in [5, 5.41) is 5.66. The Kier molecular flexibility index (Phi) is 5.52. The first-order valence-corrected chi connectivity index (χ1v) is 7.71. The van der Waals surface area contributed by atoms with Crippen LogP contribution in [0, 0.1) is 12.8 Å². The number of aryl methyl sites for hydroxylation is 1. The molecule has 0 saturated heterocycles. The maximum atomic E-state index is 12.4. The summed E-state index contributed by atoms with van der Waals surface area (Å²) in [5.41, 5.74) is 2.35. The highest BCUT2D eigenvalue weighted by Crippen LogP contribution is 2.11. The van der Waals surface area contributed by atoms with E-state index < -0.39 is 6.04 Å². The number of para-hydroxylation sites is 1. The van der Waals surface area contributed by atoms with Gasteiger partial charge in [-0.05, 0) is 37.1 Å². The fraction of sp³-hybridized carbons (Fsp3) is 0.263. The van der Waals surface area contributed by atoms with Gasteiger partial charge < -0.3 is 10.6 Å². The largest absolute Gasteiger partial charge is 0.340 e. The van der Waals surface area contributed by atoms with E-state index in [1.165, 1.54) is 0 Å². The molecule has 0 heterocycles. The molecule has 2 amide bonds. The standard InChI is InChI=1S/C19H22N2O2/c1-13(2)17(19(23)20-16-7-5-4-6-8-16)21-18(22)15-11-9-14(3)10-12-15/h4-13,17H,1-3H3,(H,20,23)(H,21,22). The minimum Gasteiger partial charge on any atom is -0.340 e. The highest BCUT2D eigenvalue weighted by molar-refractivity contribution is 6.01. The summed E-state index contributed by atoms with van der Waals surface area (Å²) >= 11 is 0. The molecule has 1 unspecified atom stereocenters. The molecule has 2 N–H and O–H groups in total. The quantitative estimate of drug-likeness (QED) is 0.889. The Balaban J connectivity index is 2.07. The average molecular weight is 310 g/mol. The van der Waals surface area contributed by atoms with Gasteiger partial charge in [0.15, 0.2) is 0 Å². The number of anilines is 1. The van der Waals surface area contributed by atoms with Crippen molar-refractivity contribution in [3.05, 3.63) is 65.7 Å². The lowest BCUT2D eigenvalue weighted by molar-refractivity contribution is -0.118. The van der Waals surface area contributed by atoms with Gasteiger partial charge in [0.1, 0.15) is 6.04 Å². The number of carbonyl (C=O) groups excluding carboxylic acids is 2. The predicted molar refractivity (Wildman–Crippen MR) is 92.3 cm³/mol. The summed E-state index contributed by atoms with van der Waals surface area (Å²) in [6.07, 6.45) is 0. The van der Waals surface area contributed by atoms with Crippen LogP contribution in [0.3, 0.4) is 0 Å². The molecular weight excluding hydrogens is 288 g/mol. The monoisotopic (exact) mass is 310 g/mol. The van der Waals surface area contributed by atoms with E-state index in [0.29, 0.717) is 11.3 Å². The molecule has 2 rings (SSSR count). The number of amides is 2. The number of carbonyl (C=O) groups is 2. The lowest BCUT2D eigenvalue weighted by atomic mass is 10.0. The molecule has 0 radical (unpaired) electrons. The van der Waals surface area contributed by atoms with E-state index in [1.54, 1.807) is 12.1 Å². The number of hydrogen-bond acceptors (Lipinski definition) is 2. The van der Waals surface area contributed by atoms with Crippen molar-refractivity contribution in [3.63, 3.8) is 0 Å². The molecule has 0 aromatic heterocycles. The second kappa shape index (κ2) is 7.58. The molecule has 2 aromatic rings. The summed E-state index contributed by atoms with van der Waals surface area (Å²) in [5.74, 6) is -0.480. The van der Waals surface area contributed by atoms with Gasteiger partial charge in [-0.3, -0.25) is 9.59 Å². The minimum atomic E-state index is -0.594. The second-order valence-corrected chi connectivity index (χ2v) is 5.92. The zero-order chi connectivity index (χ0) is 16.8. The van der Waals surface area contributed by atoms with Crippen LogP contribution >= 0.6 is 0 Å². The van der Waals surface area contributed by atoms with E-state index >= 15 is 0 Å². The zero-order valence-electron chi connectivity index (χ0n) is 13.7. The van der Waals surface area contributed by atoms with E-state index in [1.807, 2.05) is 63.2 Å². The van der Waals surface area contributed by atoms with E-state index in [-0.39, 0.29) is 17.7 Å². The second-order valence-electron chi connectivity index (χ2n) is 5.92. The van der Waals surface area contributed by atoms with Crippen LogP contribution < -0.4 is 10.6 Å². The van der Waals surface area contributed by atoms with Crippen molar-refractivity contribution in [3.8, 4) is 0 Å². The third-order valence-electron chi connectivity index (χ3n) is 3.59. The highest BCUT2D eigenvalue weighted by Gasteiger charge is 2.24. The molecule has 0 fully saturated rings. The number of hydrogen-bond donors (Lipinski definition) is 2. The minimum absolute atomic E-state index is 0.0203. The van der Waals surface area contributed by atoms with Crippen LogP contribution in [0.25, 0.3) is 0 Å². The number of benzene rings is 2. The maximum absolute atomic E-state index is 12.4. The molecule has 0 aliphatic heterocycles. The number of nitrogens with one attached hydrogen (secondary N) is 2. The van der Waals surface area contributed by atoms with E-state index in [9.17, 15) is 9.59 Å². The van der Waals surface area contributed by atoms with Gasteiger partial charge >= 0.3 is 0 Å². The molecule has 0 bridgehead atoms. The normalized spacial score (nSPS) is 11.8. The first-order valence-electron chi connectivity index (χ1n) is 7.71. The molecule has 2 aromatic carbocycles. The Hall–Kier alpha value is -2.62. The molecule has 4 heteroatoms. The maximum Gasteiger partial charge on any atom is 0.251 e. The van der Waals surface area contributed by atoms with E-state index in [4.69, 9.17) is 0 Å². The Morgan fingerprint density at radius 3 is 2.09 bits per heavy atom. The fourth-order valence-corrected chi connectivity index (χ4v) is 2.21. The van der Waals surface area contributed by atoms with Crippen LogP contribution in [-0.2, 0) is 4.79 Å². The molecule has 4 nitrogen and oxygen atoms in total. The summed E-state index contributed by atoms with van der Waals surface area (Å²) in [7, 11) is 0. The summed E-state index contributed by atoms with van der Waals surface area (Å²) in [6.45, 7) is 5.78. The van der Waals surface area contributed by atoms with Crippen molar-refractivity contribution in [1.29, 1.82) is 0 Å². The Morgan fingerprint density at radius 2 is 1.52 bits per heavy atom. The molecule has 0 saturated carbocycles. The van der Waals surface area contributed by atoms with E-state index in [2.05, 4.69) is 10.6 Å². The molecule has 0 spiro atoms. The smallest absolute Gasteiger partial charge is 0.251 e. The van der Waals surface area contributed by atoms with Crippen LogP contribution in [0.1, 0.15) is 29.8 Å². The molecule has 120 valence electrons. The number of rotatable bonds is 5. The first kappa shape index (κ1) is 16.7. The Bertz CT molecular complexity index is 664. The molecule has 0 aliphatic rings. The Morgan fingerprint density at radius 1 is 0.913 bits per heavy atom. The summed E-state index contributed by atoms with van der Waals surface area (Å²) in [4.78, 5) is 24.8. The Labute approximate surface area is 136 Å². The highest BCUT2D eigenvalue weighted by atomic mass is 16.2. The average Bonchev–Trinajstić information content (AvgIpc) is 2.53. The SMILES string of the molecule is Cc1ccc(C(=O)NC(C(=O)Nc2ccccc2)C(C)C)cc1. The van der Waals surface area contributed by atoms with Gasteiger partial charge in [0, 0.05) is 11.3 Å². The third-order valence-corrected chi connectivity index (χ3v) is 3.59. The van der Waals surface area contributed by atoms with Gasteiger partial charge in [0.05, 0.1) is 0 Å². The van der Waals surface area contributed by atoms with Gasteiger partial charge in [-0.15, -0.1) is 0 Å². The van der Waals surface area contributed by atoms with Crippen molar-refractivity contribution in [2.45, 2.75) is 26.8 Å². The van der Waals surface area contributed by atoms with Crippen molar-refractivity contribution >= 4 is 17.5 Å². The lowest BCUT2D eigenvalue weighted by Crippen LogP contribution is -2.47. The lowest BCUT2D eigenvalue weighted by Gasteiger charge is -2.21. The van der Waals surface area contributed by atoms with Gasteiger partial charge in [-0.1, -0.05) is 49.7 Å². The zero-order valence-corrected chi connectivity index (χ0v) is 13.7. The van der Waals surface area contributed by atoms with Crippen LogP contribution in [0.4, 0.5) is 5.69 Å². The van der Waals surface area contributed by atoms with Crippen molar-refractivity contribution in [2.75, 3.05) is 5.32 Å². The van der Waals surface area contributed by atoms with Gasteiger partial charge in [-0.25, -0.2) is 0 Å². The van der Waals surface area contributed by atoms with Crippen molar-refractivity contribution < 1.29 is 9.59 Å². The summed E-state index contributed by atoms with van der Waals surface area (Å²) in [6, 6.07) is 15.9. The molecular formula is C19H22N2O2. The molecule has 23 heavy (non-hydrogen) atoms. The third kappa shape index (κ3) is 4.68. The topological polar surface area (TPSA) is 58.2 Å². The fourth-order valence-electron chi connectivity index (χ4n) is 2.21. The summed E-state index contributed by atoms with van der Waals surface area (Å²) < 4.78 is 0. The van der Waals surface area contributed by atoms with Crippen LogP contribution in [0.5, 0.6) is 0 Å². The van der Waals surface area contributed by atoms with Crippen LogP contribution in [-0.4, -0.2) is 17.9 Å².